The lowest BCUT2D eigenvalue weighted by Gasteiger charge is -2.33. The van der Waals surface area contributed by atoms with E-state index in [1.165, 1.54) is 44.9 Å². The van der Waals surface area contributed by atoms with Crippen LogP contribution >= 0.6 is 0 Å². The molecule has 17 heavy (non-hydrogen) atoms. The Morgan fingerprint density at radius 3 is 2.18 bits per heavy atom. The molecule has 2 rings (SSSR count). The molecule has 100 valence electrons. The fraction of sp³-hybridized carbons (Fsp3) is 1.00. The fourth-order valence-corrected chi connectivity index (χ4v) is 4.16. The van der Waals surface area contributed by atoms with Gasteiger partial charge in [-0.15, -0.1) is 0 Å². The van der Waals surface area contributed by atoms with Gasteiger partial charge in [0.2, 0.25) is 0 Å². The van der Waals surface area contributed by atoms with Crippen molar-refractivity contribution in [2.24, 2.45) is 29.6 Å². The molecule has 0 heterocycles. The van der Waals surface area contributed by atoms with Crippen molar-refractivity contribution in [3.05, 3.63) is 0 Å². The van der Waals surface area contributed by atoms with E-state index in [9.17, 15) is 0 Å². The molecule has 2 aliphatic carbocycles. The predicted molar refractivity (Wildman–Crippen MR) is 76.0 cm³/mol. The summed E-state index contributed by atoms with van der Waals surface area (Å²) in [6, 6.07) is 0. The van der Waals surface area contributed by atoms with E-state index in [2.05, 4.69) is 20.8 Å². The molecule has 0 nitrogen and oxygen atoms in total. The average Bonchev–Trinajstić information content (AvgIpc) is 3.13. The summed E-state index contributed by atoms with van der Waals surface area (Å²) in [5.74, 6) is 5.19. The Labute approximate surface area is 109 Å². The number of hydrogen-bond acceptors (Lipinski definition) is 0. The van der Waals surface area contributed by atoms with E-state index in [0.717, 1.165) is 29.6 Å². The third-order valence-electron chi connectivity index (χ3n) is 5.69. The molecule has 0 bridgehead atoms. The molecule has 0 radical (unpaired) electrons. The van der Waals surface area contributed by atoms with Crippen LogP contribution in [0.25, 0.3) is 0 Å². The van der Waals surface area contributed by atoms with Crippen LogP contribution in [0.3, 0.4) is 0 Å². The van der Waals surface area contributed by atoms with Gasteiger partial charge in [0.15, 0.2) is 0 Å². The first-order valence-corrected chi connectivity index (χ1v) is 8.22. The monoisotopic (exact) mass is 236 g/mol. The van der Waals surface area contributed by atoms with Crippen molar-refractivity contribution in [1.82, 2.24) is 0 Å². The van der Waals surface area contributed by atoms with Gasteiger partial charge in [0, 0.05) is 0 Å². The highest BCUT2D eigenvalue weighted by atomic mass is 14.4. The van der Waals surface area contributed by atoms with Crippen LogP contribution < -0.4 is 0 Å². The van der Waals surface area contributed by atoms with Gasteiger partial charge < -0.3 is 0 Å². The topological polar surface area (TPSA) is 0 Å². The standard InChI is InChI=1S/C17H32/c1-4-15-10-9-13(2)7-5-6-8-17(14(15)3)16-11-12-16/h13-17H,4-12H2,1-3H3. The minimum atomic E-state index is 0.980. The zero-order chi connectivity index (χ0) is 12.3. The Morgan fingerprint density at radius 1 is 0.824 bits per heavy atom. The van der Waals surface area contributed by atoms with E-state index < -0.39 is 0 Å². The number of hydrogen-bond donors (Lipinski definition) is 0. The molecule has 0 aliphatic heterocycles. The lowest BCUT2D eigenvalue weighted by Crippen LogP contribution is -2.24. The zero-order valence-electron chi connectivity index (χ0n) is 12.3. The van der Waals surface area contributed by atoms with Crippen molar-refractivity contribution < 1.29 is 0 Å². The second-order valence-corrected chi connectivity index (χ2v) is 7.00. The van der Waals surface area contributed by atoms with Gasteiger partial charge >= 0.3 is 0 Å². The van der Waals surface area contributed by atoms with E-state index in [-0.39, 0.29) is 0 Å². The normalized spacial score (nSPS) is 41.1. The van der Waals surface area contributed by atoms with Crippen LogP contribution in [0.4, 0.5) is 0 Å². The minimum absolute atomic E-state index is 0.980. The highest BCUT2D eigenvalue weighted by Gasteiger charge is 2.36. The van der Waals surface area contributed by atoms with Crippen LogP contribution in [0.1, 0.15) is 78.6 Å². The Balaban J connectivity index is 1.97. The number of rotatable bonds is 2. The molecular weight excluding hydrogens is 204 g/mol. The van der Waals surface area contributed by atoms with Crippen molar-refractivity contribution >= 4 is 0 Å². The Hall–Kier alpha value is 0. The molecule has 2 fully saturated rings. The van der Waals surface area contributed by atoms with E-state index in [0.29, 0.717) is 0 Å². The second-order valence-electron chi connectivity index (χ2n) is 7.00. The van der Waals surface area contributed by atoms with Crippen LogP contribution in [0.15, 0.2) is 0 Å². The highest BCUT2D eigenvalue weighted by Crippen LogP contribution is 2.47. The van der Waals surface area contributed by atoms with E-state index in [1.54, 1.807) is 12.8 Å². The summed E-state index contributed by atoms with van der Waals surface area (Å²) in [6.45, 7) is 7.46. The summed E-state index contributed by atoms with van der Waals surface area (Å²) in [6.07, 6.45) is 13.5. The van der Waals surface area contributed by atoms with Gasteiger partial charge in [-0.3, -0.25) is 0 Å². The molecule has 4 atom stereocenters. The van der Waals surface area contributed by atoms with Gasteiger partial charge in [0.25, 0.3) is 0 Å². The average molecular weight is 236 g/mol. The molecule has 0 amide bonds. The van der Waals surface area contributed by atoms with Gasteiger partial charge in [0.1, 0.15) is 0 Å². The molecule has 2 saturated carbocycles. The molecule has 0 aromatic rings. The van der Waals surface area contributed by atoms with Crippen molar-refractivity contribution in [1.29, 1.82) is 0 Å². The van der Waals surface area contributed by atoms with E-state index in [4.69, 9.17) is 0 Å². The Kier molecular flexibility index (Phi) is 4.94. The molecule has 0 aromatic heterocycles. The Bertz CT molecular complexity index is 216. The molecule has 0 N–H and O–H groups in total. The zero-order valence-corrected chi connectivity index (χ0v) is 12.3. The summed E-state index contributed by atoms with van der Waals surface area (Å²) < 4.78 is 0. The summed E-state index contributed by atoms with van der Waals surface area (Å²) in [5.41, 5.74) is 0. The maximum atomic E-state index is 2.57. The van der Waals surface area contributed by atoms with Gasteiger partial charge in [0.05, 0.1) is 0 Å². The van der Waals surface area contributed by atoms with Gasteiger partial charge in [-0.1, -0.05) is 52.9 Å². The largest absolute Gasteiger partial charge is 0.0651 e. The van der Waals surface area contributed by atoms with Gasteiger partial charge in [-0.2, -0.15) is 0 Å². The van der Waals surface area contributed by atoms with E-state index in [1.807, 2.05) is 0 Å². The smallest absolute Gasteiger partial charge is 0.0357 e. The highest BCUT2D eigenvalue weighted by molar-refractivity contribution is 4.87. The quantitative estimate of drug-likeness (QED) is 0.580. The summed E-state index contributed by atoms with van der Waals surface area (Å²) in [4.78, 5) is 0. The first-order valence-electron chi connectivity index (χ1n) is 8.22. The van der Waals surface area contributed by atoms with Crippen LogP contribution in [0.5, 0.6) is 0 Å². The van der Waals surface area contributed by atoms with Crippen LogP contribution in [-0.4, -0.2) is 0 Å². The van der Waals surface area contributed by atoms with Crippen LogP contribution in [0.2, 0.25) is 0 Å². The van der Waals surface area contributed by atoms with Crippen LogP contribution in [-0.2, 0) is 0 Å². The molecule has 0 aromatic carbocycles. The minimum Gasteiger partial charge on any atom is -0.0651 e. The second kappa shape index (κ2) is 6.25. The van der Waals surface area contributed by atoms with Crippen molar-refractivity contribution in [3.63, 3.8) is 0 Å². The van der Waals surface area contributed by atoms with E-state index >= 15 is 0 Å². The lowest BCUT2D eigenvalue weighted by molar-refractivity contribution is 0.174. The summed E-state index contributed by atoms with van der Waals surface area (Å²) in [5, 5.41) is 0. The Morgan fingerprint density at radius 2 is 1.53 bits per heavy atom. The van der Waals surface area contributed by atoms with Crippen molar-refractivity contribution in [3.8, 4) is 0 Å². The third-order valence-corrected chi connectivity index (χ3v) is 5.69. The SMILES string of the molecule is CCC1CCC(C)CCCCC(C2CC2)C1C. The summed E-state index contributed by atoms with van der Waals surface area (Å²) in [7, 11) is 0. The molecule has 0 spiro atoms. The first-order chi connectivity index (χ1) is 8.22. The fourth-order valence-electron chi connectivity index (χ4n) is 4.16. The van der Waals surface area contributed by atoms with Gasteiger partial charge in [-0.05, 0) is 55.3 Å². The summed E-state index contributed by atoms with van der Waals surface area (Å²) >= 11 is 0. The molecule has 0 heteroatoms. The predicted octanol–water partition coefficient (Wildman–Crippen LogP) is 5.67. The van der Waals surface area contributed by atoms with Crippen molar-refractivity contribution in [2.45, 2.75) is 78.6 Å². The maximum Gasteiger partial charge on any atom is -0.0357 e. The van der Waals surface area contributed by atoms with Crippen LogP contribution in [0, 0.1) is 29.6 Å². The molecule has 2 aliphatic rings. The maximum absolute atomic E-state index is 2.57. The molecule has 0 saturated heterocycles. The third kappa shape index (κ3) is 3.73. The van der Waals surface area contributed by atoms with Crippen molar-refractivity contribution in [2.75, 3.05) is 0 Å². The lowest BCUT2D eigenvalue weighted by atomic mass is 9.73. The molecule has 4 unspecified atom stereocenters. The van der Waals surface area contributed by atoms with Gasteiger partial charge in [-0.25, -0.2) is 0 Å². The first kappa shape index (κ1) is 13.4. The molecular formula is C17H32.